The van der Waals surface area contributed by atoms with Crippen LogP contribution in [0.5, 0.6) is 0 Å². The Morgan fingerprint density at radius 2 is 1.71 bits per heavy atom. The fourth-order valence-electron chi connectivity index (χ4n) is 0.786. The van der Waals surface area contributed by atoms with Gasteiger partial charge in [-0.15, -0.1) is 0 Å². The average Bonchev–Trinajstić information content (AvgIpc) is 2.68. The van der Waals surface area contributed by atoms with Crippen molar-refractivity contribution >= 4 is 11.7 Å². The van der Waals surface area contributed by atoms with Crippen molar-refractivity contribution in [2.45, 2.75) is 48.5 Å². The van der Waals surface area contributed by atoms with Crippen molar-refractivity contribution in [1.82, 2.24) is 9.78 Å². The van der Waals surface area contributed by atoms with Crippen LogP contribution in [0.1, 0.15) is 48.5 Å². The summed E-state index contributed by atoms with van der Waals surface area (Å²) in [7, 11) is 1.81. The molecule has 0 aliphatic heterocycles. The van der Waals surface area contributed by atoms with E-state index in [1.54, 1.807) is 16.9 Å². The first-order chi connectivity index (χ1) is 7.89. The summed E-state index contributed by atoms with van der Waals surface area (Å²) in [6, 6.07) is 1.77. The number of nitrogens with zero attached hydrogens (tertiary/aromatic N) is 2. The molecule has 0 atom stereocenters. The Kier molecular flexibility index (Phi) is 9.33. The monoisotopic (exact) mass is 241 g/mol. The van der Waals surface area contributed by atoms with Crippen molar-refractivity contribution in [3.8, 4) is 0 Å². The zero-order chi connectivity index (χ0) is 14.1. The number of anilines is 1. The Morgan fingerprint density at radius 1 is 1.24 bits per heavy atom. The standard InChI is InChI=1S/C9H15N3O.2C2H6/c1-9(2,3)8(13)10-7-5-6-12(4)11-7;2*1-2/h5-6H,1-4H3,(H,10,11,13);2*1-2H3. The first-order valence-corrected chi connectivity index (χ1v) is 6.21. The lowest BCUT2D eigenvalue weighted by molar-refractivity contribution is -0.123. The third-order valence-corrected chi connectivity index (χ3v) is 1.64. The minimum absolute atomic E-state index is 0.0220. The molecule has 0 saturated heterocycles. The highest BCUT2D eigenvalue weighted by Gasteiger charge is 2.21. The molecule has 1 heterocycles. The van der Waals surface area contributed by atoms with E-state index in [4.69, 9.17) is 0 Å². The summed E-state index contributed by atoms with van der Waals surface area (Å²) in [5.41, 5.74) is -0.377. The number of carbonyl (C=O) groups is 1. The summed E-state index contributed by atoms with van der Waals surface area (Å²) >= 11 is 0. The SMILES string of the molecule is CC.CC.Cn1ccc(NC(=O)C(C)(C)C)n1. The van der Waals surface area contributed by atoms with Gasteiger partial charge in [0.2, 0.25) is 5.91 Å². The van der Waals surface area contributed by atoms with Gasteiger partial charge < -0.3 is 5.32 Å². The second-order valence-electron chi connectivity index (χ2n) is 4.08. The highest BCUT2D eigenvalue weighted by molar-refractivity contribution is 5.93. The van der Waals surface area contributed by atoms with Gasteiger partial charge in [0.25, 0.3) is 0 Å². The predicted molar refractivity (Wildman–Crippen MR) is 74.0 cm³/mol. The zero-order valence-corrected chi connectivity index (χ0v) is 12.5. The van der Waals surface area contributed by atoms with Gasteiger partial charge in [-0.2, -0.15) is 5.10 Å². The van der Waals surface area contributed by atoms with Gasteiger partial charge >= 0.3 is 0 Å². The molecular formula is C13H27N3O. The van der Waals surface area contributed by atoms with E-state index >= 15 is 0 Å². The van der Waals surface area contributed by atoms with Gasteiger partial charge in [-0.25, -0.2) is 0 Å². The van der Waals surface area contributed by atoms with E-state index in [9.17, 15) is 4.79 Å². The second kappa shape index (κ2) is 8.79. The van der Waals surface area contributed by atoms with E-state index in [-0.39, 0.29) is 11.3 Å². The number of hydrogen-bond donors (Lipinski definition) is 1. The molecule has 1 aromatic rings. The van der Waals surface area contributed by atoms with Crippen LogP contribution in [0.4, 0.5) is 5.82 Å². The summed E-state index contributed by atoms with van der Waals surface area (Å²) in [6.07, 6.45) is 1.79. The van der Waals surface area contributed by atoms with Gasteiger partial charge in [0.05, 0.1) is 0 Å². The van der Waals surface area contributed by atoms with Crippen LogP contribution in [0, 0.1) is 5.41 Å². The minimum Gasteiger partial charge on any atom is -0.309 e. The Balaban J connectivity index is 0. The normalized spacial score (nSPS) is 9.41. The number of aromatic nitrogens is 2. The Morgan fingerprint density at radius 3 is 2.00 bits per heavy atom. The molecule has 1 amide bonds. The van der Waals surface area contributed by atoms with Gasteiger partial charge in [-0.1, -0.05) is 48.5 Å². The summed E-state index contributed by atoms with van der Waals surface area (Å²) in [6.45, 7) is 13.6. The van der Waals surface area contributed by atoms with Crippen molar-refractivity contribution in [1.29, 1.82) is 0 Å². The van der Waals surface area contributed by atoms with Gasteiger partial charge in [-0.3, -0.25) is 9.48 Å². The van der Waals surface area contributed by atoms with Crippen LogP contribution in [0.15, 0.2) is 12.3 Å². The summed E-state index contributed by atoms with van der Waals surface area (Å²) in [4.78, 5) is 11.5. The molecule has 100 valence electrons. The molecule has 0 unspecified atom stereocenters. The maximum absolute atomic E-state index is 11.5. The molecule has 0 aliphatic carbocycles. The second-order valence-corrected chi connectivity index (χ2v) is 4.08. The number of nitrogens with one attached hydrogen (secondary N) is 1. The highest BCUT2D eigenvalue weighted by atomic mass is 16.2. The molecule has 0 radical (unpaired) electrons. The quantitative estimate of drug-likeness (QED) is 0.818. The molecule has 1 aromatic heterocycles. The van der Waals surface area contributed by atoms with Crippen molar-refractivity contribution in [2.75, 3.05) is 5.32 Å². The van der Waals surface area contributed by atoms with Crippen LogP contribution in [0.3, 0.4) is 0 Å². The van der Waals surface area contributed by atoms with Gasteiger partial charge in [0.1, 0.15) is 0 Å². The van der Waals surface area contributed by atoms with E-state index in [1.807, 2.05) is 55.5 Å². The molecule has 4 heteroatoms. The fraction of sp³-hybridized carbons (Fsp3) is 0.692. The topological polar surface area (TPSA) is 46.9 Å². The predicted octanol–water partition coefficient (Wildman–Crippen LogP) is 3.46. The zero-order valence-electron chi connectivity index (χ0n) is 12.5. The molecule has 0 aliphatic rings. The molecule has 0 spiro atoms. The van der Waals surface area contributed by atoms with E-state index in [2.05, 4.69) is 10.4 Å². The van der Waals surface area contributed by atoms with Crippen molar-refractivity contribution in [3.63, 3.8) is 0 Å². The van der Waals surface area contributed by atoms with Crippen molar-refractivity contribution < 1.29 is 4.79 Å². The van der Waals surface area contributed by atoms with Crippen LogP contribution < -0.4 is 5.32 Å². The summed E-state index contributed by atoms with van der Waals surface area (Å²) in [5.74, 6) is 0.577. The summed E-state index contributed by atoms with van der Waals surface area (Å²) in [5, 5.41) is 6.78. The lowest BCUT2D eigenvalue weighted by Crippen LogP contribution is -2.27. The van der Waals surface area contributed by atoms with Crippen molar-refractivity contribution in [2.24, 2.45) is 12.5 Å². The molecule has 17 heavy (non-hydrogen) atoms. The molecule has 0 bridgehead atoms. The van der Waals surface area contributed by atoms with Gasteiger partial charge in [-0.05, 0) is 0 Å². The maximum atomic E-state index is 11.5. The Labute approximate surface area is 105 Å². The third kappa shape index (κ3) is 7.55. The van der Waals surface area contributed by atoms with E-state index < -0.39 is 0 Å². The first-order valence-electron chi connectivity index (χ1n) is 6.21. The number of aryl methyl sites for hydroxylation is 1. The van der Waals surface area contributed by atoms with Crippen molar-refractivity contribution in [3.05, 3.63) is 12.3 Å². The van der Waals surface area contributed by atoms with Crippen LogP contribution in [-0.4, -0.2) is 15.7 Å². The number of carbonyl (C=O) groups excluding carboxylic acids is 1. The van der Waals surface area contributed by atoms with Crippen LogP contribution in [0.25, 0.3) is 0 Å². The number of rotatable bonds is 1. The molecule has 0 fully saturated rings. The highest BCUT2D eigenvalue weighted by Crippen LogP contribution is 2.15. The largest absolute Gasteiger partial charge is 0.309 e. The smallest absolute Gasteiger partial charge is 0.230 e. The molecule has 0 saturated carbocycles. The van der Waals surface area contributed by atoms with Gasteiger partial charge in [0, 0.05) is 24.7 Å². The molecular weight excluding hydrogens is 214 g/mol. The average molecular weight is 241 g/mol. The fourth-order valence-corrected chi connectivity index (χ4v) is 0.786. The van der Waals surface area contributed by atoms with Crippen LogP contribution in [-0.2, 0) is 11.8 Å². The number of amides is 1. The molecule has 4 nitrogen and oxygen atoms in total. The van der Waals surface area contributed by atoms with Crippen LogP contribution >= 0.6 is 0 Å². The number of hydrogen-bond acceptors (Lipinski definition) is 2. The summed E-state index contributed by atoms with van der Waals surface area (Å²) < 4.78 is 1.65. The lowest BCUT2D eigenvalue weighted by atomic mass is 9.96. The molecule has 0 aromatic carbocycles. The lowest BCUT2D eigenvalue weighted by Gasteiger charge is -2.16. The molecule has 1 rings (SSSR count). The minimum atomic E-state index is -0.377. The third-order valence-electron chi connectivity index (χ3n) is 1.64. The Bertz CT molecular complexity index is 311. The van der Waals surface area contributed by atoms with E-state index in [1.165, 1.54) is 0 Å². The van der Waals surface area contributed by atoms with E-state index in [0.717, 1.165) is 0 Å². The molecule has 1 N–H and O–H groups in total. The first kappa shape index (κ1) is 18.1. The van der Waals surface area contributed by atoms with Gasteiger partial charge in [0.15, 0.2) is 5.82 Å². The van der Waals surface area contributed by atoms with Crippen LogP contribution in [0.2, 0.25) is 0 Å². The van der Waals surface area contributed by atoms with E-state index in [0.29, 0.717) is 5.82 Å². The Hall–Kier alpha value is -1.32. The maximum Gasteiger partial charge on any atom is 0.230 e.